The van der Waals surface area contributed by atoms with Crippen molar-refractivity contribution in [1.82, 2.24) is 0 Å². The SMILES string of the molecule is C=C(C(=O)OC)C1=C[C@]2(O)CC[C@H]3C(C)(C)CCC[C@@]3(C)[C@@H]2[C@@H](O)C1=O. The fraction of sp³-hybridized carbons (Fsp3) is 0.714. The van der Waals surface area contributed by atoms with Gasteiger partial charge in [0.15, 0.2) is 5.78 Å². The van der Waals surface area contributed by atoms with Gasteiger partial charge in [-0.1, -0.05) is 33.8 Å². The summed E-state index contributed by atoms with van der Waals surface area (Å²) in [6.07, 6.45) is 4.41. The van der Waals surface area contributed by atoms with Crippen molar-refractivity contribution in [3.8, 4) is 0 Å². The minimum Gasteiger partial charge on any atom is -0.465 e. The highest BCUT2D eigenvalue weighted by Gasteiger charge is 2.63. The monoisotopic (exact) mass is 362 g/mol. The zero-order valence-corrected chi connectivity index (χ0v) is 16.2. The van der Waals surface area contributed by atoms with Crippen LogP contribution in [0.5, 0.6) is 0 Å². The number of rotatable bonds is 2. The smallest absolute Gasteiger partial charge is 0.337 e. The molecule has 0 aromatic rings. The van der Waals surface area contributed by atoms with Gasteiger partial charge >= 0.3 is 5.97 Å². The van der Waals surface area contributed by atoms with Crippen LogP contribution in [0.4, 0.5) is 0 Å². The van der Waals surface area contributed by atoms with E-state index in [0.717, 1.165) is 25.7 Å². The quantitative estimate of drug-likeness (QED) is 0.583. The summed E-state index contributed by atoms with van der Waals surface area (Å²) >= 11 is 0. The van der Waals surface area contributed by atoms with E-state index in [1.807, 2.05) is 0 Å². The fourth-order valence-electron chi connectivity index (χ4n) is 6.26. The summed E-state index contributed by atoms with van der Waals surface area (Å²) in [7, 11) is 1.21. The molecule has 2 N–H and O–H groups in total. The maximum atomic E-state index is 12.9. The van der Waals surface area contributed by atoms with Crippen molar-refractivity contribution in [3.05, 3.63) is 23.8 Å². The first-order chi connectivity index (χ1) is 12.0. The Labute approximate surface area is 155 Å². The van der Waals surface area contributed by atoms with E-state index >= 15 is 0 Å². The highest BCUT2D eigenvalue weighted by molar-refractivity contribution is 6.12. The number of ketones is 1. The molecule has 0 radical (unpaired) electrons. The highest BCUT2D eigenvalue weighted by atomic mass is 16.5. The Hall–Kier alpha value is -1.46. The van der Waals surface area contributed by atoms with E-state index in [1.54, 1.807) is 0 Å². The summed E-state index contributed by atoms with van der Waals surface area (Å²) in [5.74, 6) is -1.51. The molecule has 2 fully saturated rings. The summed E-state index contributed by atoms with van der Waals surface area (Å²) in [6, 6.07) is 0. The van der Waals surface area contributed by atoms with Crippen LogP contribution in [0.1, 0.15) is 52.9 Å². The number of hydrogen-bond acceptors (Lipinski definition) is 5. The largest absolute Gasteiger partial charge is 0.465 e. The van der Waals surface area contributed by atoms with Gasteiger partial charge in [-0.3, -0.25) is 4.79 Å². The Morgan fingerprint density at radius 2 is 1.92 bits per heavy atom. The number of ether oxygens (including phenoxy) is 1. The molecule has 0 unspecified atom stereocenters. The van der Waals surface area contributed by atoms with Crippen molar-refractivity contribution in [1.29, 1.82) is 0 Å². The van der Waals surface area contributed by atoms with E-state index in [2.05, 4.69) is 32.1 Å². The Balaban J connectivity index is 2.08. The minimum absolute atomic E-state index is 0.0137. The Bertz CT molecular complexity index is 691. The maximum Gasteiger partial charge on any atom is 0.337 e. The van der Waals surface area contributed by atoms with Crippen molar-refractivity contribution in [2.75, 3.05) is 7.11 Å². The third kappa shape index (κ3) is 2.59. The predicted molar refractivity (Wildman–Crippen MR) is 97.2 cm³/mol. The third-order valence-corrected chi connectivity index (χ3v) is 7.36. The summed E-state index contributed by atoms with van der Waals surface area (Å²) in [6.45, 7) is 10.2. The lowest BCUT2D eigenvalue weighted by Crippen LogP contribution is -2.64. The summed E-state index contributed by atoms with van der Waals surface area (Å²) < 4.78 is 4.66. The van der Waals surface area contributed by atoms with Gasteiger partial charge in [-0.2, -0.15) is 0 Å². The molecule has 0 bridgehead atoms. The molecule has 0 saturated heterocycles. The second-order valence-corrected chi connectivity index (χ2v) is 9.25. The van der Waals surface area contributed by atoms with Gasteiger partial charge in [-0.25, -0.2) is 4.79 Å². The lowest BCUT2D eigenvalue weighted by Gasteiger charge is -2.62. The number of aliphatic hydroxyl groups excluding tert-OH is 1. The van der Waals surface area contributed by atoms with Crippen LogP contribution < -0.4 is 0 Å². The number of esters is 1. The molecule has 2 saturated carbocycles. The van der Waals surface area contributed by atoms with Crippen molar-refractivity contribution in [2.24, 2.45) is 22.7 Å². The number of methoxy groups -OCH3 is 1. The van der Waals surface area contributed by atoms with Crippen molar-refractivity contribution in [2.45, 2.75) is 64.6 Å². The molecule has 3 aliphatic carbocycles. The number of carbonyl (C=O) groups excluding carboxylic acids is 2. The van der Waals surface area contributed by atoms with Gasteiger partial charge in [0.05, 0.1) is 18.3 Å². The maximum absolute atomic E-state index is 12.9. The van der Waals surface area contributed by atoms with Crippen LogP contribution in [0.25, 0.3) is 0 Å². The van der Waals surface area contributed by atoms with Gasteiger partial charge in [0.25, 0.3) is 0 Å². The highest BCUT2D eigenvalue weighted by Crippen LogP contribution is 2.64. The van der Waals surface area contributed by atoms with Crippen LogP contribution >= 0.6 is 0 Å². The average molecular weight is 362 g/mol. The molecule has 3 aliphatic rings. The van der Waals surface area contributed by atoms with E-state index in [9.17, 15) is 19.8 Å². The molecule has 0 aliphatic heterocycles. The predicted octanol–water partition coefficient (Wildman–Crippen LogP) is 2.56. The first kappa shape index (κ1) is 19.3. The molecular weight excluding hydrogens is 332 g/mol. The third-order valence-electron chi connectivity index (χ3n) is 7.36. The molecule has 26 heavy (non-hydrogen) atoms. The second kappa shape index (κ2) is 6.03. The number of aliphatic hydroxyl groups is 2. The van der Waals surface area contributed by atoms with E-state index < -0.39 is 29.4 Å². The summed E-state index contributed by atoms with van der Waals surface area (Å²) in [5.41, 5.74) is -1.67. The molecule has 0 aromatic carbocycles. The molecular formula is C21H30O5. The van der Waals surface area contributed by atoms with Crippen LogP contribution in [0, 0.1) is 22.7 Å². The lowest BCUT2D eigenvalue weighted by atomic mass is 9.43. The fourth-order valence-corrected chi connectivity index (χ4v) is 6.26. The number of hydrogen-bond donors (Lipinski definition) is 2. The van der Waals surface area contributed by atoms with Gasteiger partial charge in [0.2, 0.25) is 0 Å². The minimum atomic E-state index is -1.34. The molecule has 0 amide bonds. The Morgan fingerprint density at radius 3 is 2.54 bits per heavy atom. The lowest BCUT2D eigenvalue weighted by molar-refractivity contribution is -0.193. The van der Waals surface area contributed by atoms with Gasteiger partial charge in [0.1, 0.15) is 6.10 Å². The van der Waals surface area contributed by atoms with E-state index in [4.69, 9.17) is 0 Å². The first-order valence-corrected chi connectivity index (χ1v) is 9.43. The van der Waals surface area contributed by atoms with Gasteiger partial charge in [0, 0.05) is 11.5 Å². The molecule has 5 heteroatoms. The van der Waals surface area contributed by atoms with Gasteiger partial charge < -0.3 is 14.9 Å². The van der Waals surface area contributed by atoms with Crippen LogP contribution in [0.3, 0.4) is 0 Å². The Kier molecular flexibility index (Phi) is 4.48. The number of carbonyl (C=O) groups is 2. The van der Waals surface area contributed by atoms with Crippen LogP contribution in [0.15, 0.2) is 23.8 Å². The topological polar surface area (TPSA) is 83.8 Å². The zero-order valence-electron chi connectivity index (χ0n) is 16.2. The molecule has 0 aromatic heterocycles. The van der Waals surface area contributed by atoms with Gasteiger partial charge in [-0.05, 0) is 48.5 Å². The zero-order chi connectivity index (χ0) is 19.5. The van der Waals surface area contributed by atoms with Crippen molar-refractivity contribution < 1.29 is 24.5 Å². The summed E-state index contributed by atoms with van der Waals surface area (Å²) in [5, 5.41) is 22.4. The Morgan fingerprint density at radius 1 is 1.27 bits per heavy atom. The van der Waals surface area contributed by atoms with E-state index in [0.29, 0.717) is 12.3 Å². The standard InChI is InChI=1S/C21H30O5/c1-12(18(24)26-5)13-11-21(25)10-7-14-19(2,3)8-6-9-20(14,4)17(21)16(23)15(13)22/h11,14,16-17,23,25H,1,6-10H2,2-5H3/t14-,16-,17-,20+,21+/m0/s1. The second-order valence-electron chi connectivity index (χ2n) is 9.25. The normalized spacial score (nSPS) is 41.5. The van der Waals surface area contributed by atoms with E-state index in [1.165, 1.54) is 13.2 Å². The molecule has 5 atom stereocenters. The molecule has 0 heterocycles. The van der Waals surface area contributed by atoms with E-state index in [-0.39, 0.29) is 22.0 Å². The average Bonchev–Trinajstić information content (AvgIpc) is 2.55. The van der Waals surface area contributed by atoms with Crippen LogP contribution in [-0.2, 0) is 14.3 Å². The summed E-state index contributed by atoms with van der Waals surface area (Å²) in [4.78, 5) is 24.7. The first-order valence-electron chi connectivity index (χ1n) is 9.43. The molecule has 5 nitrogen and oxygen atoms in total. The molecule has 144 valence electrons. The molecule has 3 rings (SSSR count). The van der Waals surface area contributed by atoms with Crippen LogP contribution in [0.2, 0.25) is 0 Å². The van der Waals surface area contributed by atoms with Crippen molar-refractivity contribution >= 4 is 11.8 Å². The van der Waals surface area contributed by atoms with Gasteiger partial charge in [-0.15, -0.1) is 0 Å². The van der Waals surface area contributed by atoms with Crippen LogP contribution in [-0.4, -0.2) is 40.8 Å². The molecule has 0 spiro atoms. The van der Waals surface area contributed by atoms with Crippen molar-refractivity contribution in [3.63, 3.8) is 0 Å². The number of Topliss-reactive ketones (excluding diaryl/α,β-unsaturated/α-hetero) is 1. The number of fused-ring (bicyclic) bond motifs is 3.